The summed E-state index contributed by atoms with van der Waals surface area (Å²) in [5.41, 5.74) is 1.68. The number of hydrogen-bond donors (Lipinski definition) is 0. The molecule has 0 aromatic carbocycles. The molecule has 0 aliphatic heterocycles. The van der Waals surface area contributed by atoms with E-state index in [1.165, 1.54) is 4.68 Å². The number of aryl methyl sites for hydroxylation is 2. The van der Waals surface area contributed by atoms with Crippen LogP contribution in [-0.2, 0) is 7.05 Å². The first kappa shape index (κ1) is 8.74. The number of hydrogen-bond acceptors (Lipinski definition) is 2. The zero-order valence-electron chi connectivity index (χ0n) is 7.28. The first-order valence-electron chi connectivity index (χ1n) is 3.81. The monoisotopic (exact) mass is 289 g/mol. The van der Waals surface area contributed by atoms with Crippen LogP contribution in [0.1, 0.15) is 5.56 Å². The van der Waals surface area contributed by atoms with Gasteiger partial charge in [0.25, 0.3) is 0 Å². The Balaban J connectivity index is 2.97. The van der Waals surface area contributed by atoms with Crippen LogP contribution in [0.2, 0.25) is 0 Å². The molecular weight excluding hydrogens is 281 g/mol. The lowest BCUT2D eigenvalue weighted by molar-refractivity contribution is 0.732. The molecule has 2 aromatic heterocycles. The summed E-state index contributed by atoms with van der Waals surface area (Å²) in [7, 11) is 1.65. The summed E-state index contributed by atoms with van der Waals surface area (Å²) >= 11 is 2.23. The Kier molecular flexibility index (Phi) is 1.90. The van der Waals surface area contributed by atoms with Gasteiger partial charge in [0, 0.05) is 16.8 Å². The molecular formula is C8H8IN3O. The molecule has 0 saturated carbocycles. The van der Waals surface area contributed by atoms with Crippen LogP contribution in [0.15, 0.2) is 17.1 Å². The number of aromatic nitrogens is 3. The van der Waals surface area contributed by atoms with Gasteiger partial charge in [-0.1, -0.05) is 0 Å². The van der Waals surface area contributed by atoms with Gasteiger partial charge >= 0.3 is 5.69 Å². The highest BCUT2D eigenvalue weighted by atomic mass is 127. The van der Waals surface area contributed by atoms with Gasteiger partial charge in [-0.05, 0) is 41.1 Å². The Morgan fingerprint density at radius 1 is 1.54 bits per heavy atom. The third-order valence-corrected chi connectivity index (χ3v) is 3.10. The lowest BCUT2D eigenvalue weighted by Crippen LogP contribution is -2.17. The van der Waals surface area contributed by atoms with Crippen molar-refractivity contribution >= 4 is 28.2 Å². The first-order chi connectivity index (χ1) is 6.09. The second kappa shape index (κ2) is 2.83. The second-order valence-corrected chi connectivity index (χ2v) is 4.10. The van der Waals surface area contributed by atoms with Crippen LogP contribution in [0.25, 0.3) is 5.65 Å². The topological polar surface area (TPSA) is 39.3 Å². The predicted octanol–water partition coefficient (Wildman–Crippen LogP) is 0.946. The molecule has 0 radical (unpaired) electrons. The van der Waals surface area contributed by atoms with Crippen LogP contribution in [0.5, 0.6) is 0 Å². The van der Waals surface area contributed by atoms with E-state index >= 15 is 0 Å². The van der Waals surface area contributed by atoms with Crippen LogP contribution < -0.4 is 5.69 Å². The van der Waals surface area contributed by atoms with Crippen molar-refractivity contribution in [1.29, 1.82) is 0 Å². The molecule has 0 unspecified atom stereocenters. The molecule has 0 spiro atoms. The van der Waals surface area contributed by atoms with E-state index in [0.29, 0.717) is 5.65 Å². The van der Waals surface area contributed by atoms with Gasteiger partial charge in [-0.3, -0.25) is 0 Å². The molecule has 68 valence electrons. The van der Waals surface area contributed by atoms with Crippen molar-refractivity contribution in [3.8, 4) is 0 Å². The van der Waals surface area contributed by atoms with E-state index in [9.17, 15) is 4.79 Å². The fourth-order valence-corrected chi connectivity index (χ4v) is 1.62. The molecule has 13 heavy (non-hydrogen) atoms. The lowest BCUT2D eigenvalue weighted by Gasteiger charge is -1.96. The van der Waals surface area contributed by atoms with Crippen molar-refractivity contribution in [1.82, 2.24) is 14.2 Å². The third kappa shape index (κ3) is 1.27. The van der Waals surface area contributed by atoms with Gasteiger partial charge in [0.15, 0.2) is 5.65 Å². The lowest BCUT2D eigenvalue weighted by atomic mass is 10.3. The van der Waals surface area contributed by atoms with Crippen LogP contribution in [-0.4, -0.2) is 14.2 Å². The summed E-state index contributed by atoms with van der Waals surface area (Å²) < 4.78 is 4.01. The predicted molar refractivity (Wildman–Crippen MR) is 57.9 cm³/mol. The Hall–Kier alpha value is -0.850. The van der Waals surface area contributed by atoms with Gasteiger partial charge in [-0.2, -0.15) is 5.10 Å². The fraction of sp³-hybridized carbons (Fsp3) is 0.250. The molecule has 0 fully saturated rings. The molecule has 5 heteroatoms. The van der Waals surface area contributed by atoms with Gasteiger partial charge in [0.2, 0.25) is 0 Å². The summed E-state index contributed by atoms with van der Waals surface area (Å²) in [5, 5.41) is 4.08. The first-order valence-corrected chi connectivity index (χ1v) is 4.89. The normalized spacial score (nSPS) is 11.0. The average molecular weight is 289 g/mol. The quantitative estimate of drug-likeness (QED) is 0.677. The number of nitrogens with zero attached hydrogens (tertiary/aromatic N) is 3. The Morgan fingerprint density at radius 2 is 2.23 bits per heavy atom. The van der Waals surface area contributed by atoms with Crippen LogP contribution in [0, 0.1) is 10.5 Å². The number of rotatable bonds is 0. The van der Waals surface area contributed by atoms with E-state index < -0.39 is 0 Å². The van der Waals surface area contributed by atoms with Gasteiger partial charge in [0.05, 0.1) is 0 Å². The minimum absolute atomic E-state index is 0.102. The molecule has 4 nitrogen and oxygen atoms in total. The van der Waals surface area contributed by atoms with Crippen LogP contribution >= 0.6 is 22.6 Å². The summed E-state index contributed by atoms with van der Waals surface area (Å²) in [6, 6.07) is 1.90. The highest BCUT2D eigenvalue weighted by molar-refractivity contribution is 14.1. The van der Waals surface area contributed by atoms with Crippen molar-refractivity contribution < 1.29 is 0 Å². The van der Waals surface area contributed by atoms with E-state index in [0.717, 1.165) is 9.13 Å². The van der Waals surface area contributed by atoms with E-state index in [-0.39, 0.29) is 5.69 Å². The Labute approximate surface area is 88.3 Å². The average Bonchev–Trinajstić information content (AvgIpc) is 2.32. The van der Waals surface area contributed by atoms with Crippen LogP contribution in [0.4, 0.5) is 0 Å². The van der Waals surface area contributed by atoms with Crippen molar-refractivity contribution in [2.24, 2.45) is 7.05 Å². The summed E-state index contributed by atoms with van der Waals surface area (Å²) in [6.45, 7) is 1.97. The number of fused-ring (bicyclic) bond motifs is 1. The number of halogens is 1. The molecule has 0 bridgehead atoms. The fourth-order valence-electron chi connectivity index (χ4n) is 1.20. The van der Waals surface area contributed by atoms with Crippen molar-refractivity contribution in [2.45, 2.75) is 6.92 Å². The summed E-state index contributed by atoms with van der Waals surface area (Å²) in [5.74, 6) is 0. The molecule has 2 aromatic rings. The highest BCUT2D eigenvalue weighted by Gasteiger charge is 2.04. The van der Waals surface area contributed by atoms with Crippen molar-refractivity contribution in [2.75, 3.05) is 0 Å². The van der Waals surface area contributed by atoms with Gasteiger partial charge < -0.3 is 0 Å². The Bertz CT molecular complexity index is 526. The van der Waals surface area contributed by atoms with Crippen LogP contribution in [0.3, 0.4) is 0 Å². The standard InChI is InChI=1S/C8H8IN3O/c1-5-4-12-7(3-6(5)9)10-11(2)8(12)13/h3-4H,1-2H3. The van der Waals surface area contributed by atoms with E-state index in [4.69, 9.17) is 0 Å². The highest BCUT2D eigenvalue weighted by Crippen LogP contribution is 2.11. The van der Waals surface area contributed by atoms with Crippen molar-refractivity contribution in [3.05, 3.63) is 31.9 Å². The molecule has 0 atom stereocenters. The minimum Gasteiger partial charge on any atom is -0.250 e. The Morgan fingerprint density at radius 3 is 2.92 bits per heavy atom. The van der Waals surface area contributed by atoms with Gasteiger partial charge in [-0.15, -0.1) is 0 Å². The second-order valence-electron chi connectivity index (χ2n) is 2.94. The summed E-state index contributed by atoms with van der Waals surface area (Å²) in [4.78, 5) is 11.5. The smallest absolute Gasteiger partial charge is 0.250 e. The maximum absolute atomic E-state index is 11.5. The molecule has 0 amide bonds. The van der Waals surface area contributed by atoms with Gasteiger partial charge in [0.1, 0.15) is 0 Å². The minimum atomic E-state index is -0.102. The molecule has 2 heterocycles. The van der Waals surface area contributed by atoms with E-state index in [1.807, 2.05) is 19.2 Å². The zero-order chi connectivity index (χ0) is 9.59. The molecule has 0 N–H and O–H groups in total. The van der Waals surface area contributed by atoms with Gasteiger partial charge in [-0.25, -0.2) is 13.9 Å². The molecule has 0 aliphatic rings. The number of pyridine rings is 1. The zero-order valence-corrected chi connectivity index (χ0v) is 9.44. The SMILES string of the molecule is Cc1cn2c(=O)n(C)nc2cc1I. The maximum atomic E-state index is 11.5. The molecule has 2 rings (SSSR count). The maximum Gasteiger partial charge on any atom is 0.350 e. The van der Waals surface area contributed by atoms with Crippen molar-refractivity contribution in [3.63, 3.8) is 0 Å². The van der Waals surface area contributed by atoms with E-state index in [2.05, 4.69) is 27.7 Å². The third-order valence-electron chi connectivity index (χ3n) is 1.94. The molecule has 0 aliphatic carbocycles. The largest absolute Gasteiger partial charge is 0.350 e. The molecule has 0 saturated heterocycles. The summed E-state index contributed by atoms with van der Waals surface area (Å²) in [6.07, 6.45) is 1.81. The van der Waals surface area contributed by atoms with E-state index in [1.54, 1.807) is 11.4 Å².